The average Bonchev–Trinajstić information content (AvgIpc) is 1.88. The molecule has 11 heavy (non-hydrogen) atoms. The summed E-state index contributed by atoms with van der Waals surface area (Å²) in [4.78, 5) is 10.6. The number of allylic oxidation sites excluding steroid dienone is 2. The van der Waals surface area contributed by atoms with Gasteiger partial charge in [-0.2, -0.15) is 0 Å². The Labute approximate surface area is 67.9 Å². The van der Waals surface area contributed by atoms with Gasteiger partial charge in [0.05, 0.1) is 5.41 Å². The smallest absolute Gasteiger partial charge is 0.309 e. The Morgan fingerprint density at radius 1 is 1.45 bits per heavy atom. The monoisotopic (exact) mass is 156 g/mol. The molecular formula is C9H16O2. The molecule has 1 N–H and O–H groups in total. The molecule has 0 saturated heterocycles. The number of carboxylic acids is 1. The van der Waals surface area contributed by atoms with Gasteiger partial charge in [-0.3, -0.25) is 4.79 Å². The molecule has 0 rings (SSSR count). The highest BCUT2D eigenvalue weighted by molar-refractivity contribution is 5.73. The van der Waals surface area contributed by atoms with Crippen molar-refractivity contribution in [2.24, 2.45) is 5.41 Å². The Balaban J connectivity index is 3.92. The first-order valence-corrected chi connectivity index (χ1v) is 3.89. The van der Waals surface area contributed by atoms with E-state index in [4.69, 9.17) is 5.11 Å². The fraction of sp³-hybridized carbons (Fsp3) is 0.667. The van der Waals surface area contributed by atoms with Gasteiger partial charge in [0.15, 0.2) is 0 Å². The fourth-order valence-corrected chi connectivity index (χ4v) is 0.632. The van der Waals surface area contributed by atoms with Gasteiger partial charge in [-0.05, 0) is 26.7 Å². The van der Waals surface area contributed by atoms with Crippen LogP contribution in [0.15, 0.2) is 12.2 Å². The molecule has 0 radical (unpaired) electrons. The number of hydrogen-bond donors (Lipinski definition) is 1. The van der Waals surface area contributed by atoms with E-state index in [-0.39, 0.29) is 0 Å². The maximum atomic E-state index is 10.6. The quantitative estimate of drug-likeness (QED) is 0.635. The number of carbonyl (C=O) groups is 1. The summed E-state index contributed by atoms with van der Waals surface area (Å²) in [7, 11) is 0. The summed E-state index contributed by atoms with van der Waals surface area (Å²) in [5.41, 5.74) is -0.619. The topological polar surface area (TPSA) is 37.3 Å². The SMILES string of the molecule is CCC=CCC(C)(C)C(=O)O. The molecule has 0 aliphatic heterocycles. The van der Waals surface area contributed by atoms with Crippen molar-refractivity contribution in [3.05, 3.63) is 12.2 Å². The first-order chi connectivity index (χ1) is 5.00. The molecule has 0 unspecified atom stereocenters. The van der Waals surface area contributed by atoms with Crippen molar-refractivity contribution in [2.45, 2.75) is 33.6 Å². The van der Waals surface area contributed by atoms with Crippen LogP contribution >= 0.6 is 0 Å². The van der Waals surface area contributed by atoms with Crippen molar-refractivity contribution < 1.29 is 9.90 Å². The van der Waals surface area contributed by atoms with E-state index in [9.17, 15) is 4.79 Å². The summed E-state index contributed by atoms with van der Waals surface area (Å²) >= 11 is 0. The number of hydrogen-bond acceptors (Lipinski definition) is 1. The molecule has 0 aromatic heterocycles. The van der Waals surface area contributed by atoms with Gasteiger partial charge >= 0.3 is 5.97 Å². The van der Waals surface area contributed by atoms with Gasteiger partial charge in [0.25, 0.3) is 0 Å². The van der Waals surface area contributed by atoms with Crippen LogP contribution in [0.25, 0.3) is 0 Å². The molecule has 0 saturated carbocycles. The van der Waals surface area contributed by atoms with E-state index in [0.717, 1.165) is 6.42 Å². The van der Waals surface area contributed by atoms with E-state index in [1.165, 1.54) is 0 Å². The lowest BCUT2D eigenvalue weighted by atomic mass is 9.89. The summed E-state index contributed by atoms with van der Waals surface area (Å²) in [5, 5.41) is 8.71. The summed E-state index contributed by atoms with van der Waals surface area (Å²) in [6.45, 7) is 5.49. The minimum atomic E-state index is -0.738. The second kappa shape index (κ2) is 4.16. The van der Waals surface area contributed by atoms with E-state index >= 15 is 0 Å². The van der Waals surface area contributed by atoms with E-state index in [2.05, 4.69) is 0 Å². The fourth-order valence-electron chi connectivity index (χ4n) is 0.632. The van der Waals surface area contributed by atoms with Gasteiger partial charge in [0.1, 0.15) is 0 Å². The third kappa shape index (κ3) is 3.81. The Kier molecular flexibility index (Phi) is 3.86. The van der Waals surface area contributed by atoms with Crippen LogP contribution in [0.5, 0.6) is 0 Å². The summed E-state index contributed by atoms with van der Waals surface area (Å²) in [6.07, 6.45) is 5.49. The first kappa shape index (κ1) is 10.2. The molecule has 0 fully saturated rings. The predicted molar refractivity (Wildman–Crippen MR) is 45.5 cm³/mol. The van der Waals surface area contributed by atoms with Crippen molar-refractivity contribution in [3.63, 3.8) is 0 Å². The van der Waals surface area contributed by atoms with Crippen molar-refractivity contribution in [2.75, 3.05) is 0 Å². The molecule has 0 aromatic rings. The number of aliphatic carboxylic acids is 1. The Morgan fingerprint density at radius 3 is 2.36 bits per heavy atom. The molecule has 2 nitrogen and oxygen atoms in total. The summed E-state index contributed by atoms with van der Waals surface area (Å²) < 4.78 is 0. The largest absolute Gasteiger partial charge is 0.481 e. The molecule has 0 spiro atoms. The second-order valence-corrected chi connectivity index (χ2v) is 3.27. The Hall–Kier alpha value is -0.790. The van der Waals surface area contributed by atoms with Crippen LogP contribution in [-0.4, -0.2) is 11.1 Å². The van der Waals surface area contributed by atoms with Gasteiger partial charge < -0.3 is 5.11 Å². The number of rotatable bonds is 4. The zero-order chi connectivity index (χ0) is 8.91. The average molecular weight is 156 g/mol. The lowest BCUT2D eigenvalue weighted by Gasteiger charge is -2.15. The molecular weight excluding hydrogens is 140 g/mol. The van der Waals surface area contributed by atoms with Crippen molar-refractivity contribution in [1.29, 1.82) is 0 Å². The van der Waals surface area contributed by atoms with Gasteiger partial charge in [0, 0.05) is 0 Å². The maximum Gasteiger partial charge on any atom is 0.309 e. The van der Waals surface area contributed by atoms with E-state index in [1.807, 2.05) is 19.1 Å². The van der Waals surface area contributed by atoms with Crippen molar-refractivity contribution >= 4 is 5.97 Å². The highest BCUT2D eigenvalue weighted by atomic mass is 16.4. The summed E-state index contributed by atoms with van der Waals surface area (Å²) in [5.74, 6) is -0.738. The minimum Gasteiger partial charge on any atom is -0.481 e. The third-order valence-corrected chi connectivity index (χ3v) is 1.61. The third-order valence-electron chi connectivity index (χ3n) is 1.61. The van der Waals surface area contributed by atoms with E-state index in [1.54, 1.807) is 13.8 Å². The zero-order valence-electron chi connectivity index (χ0n) is 7.42. The predicted octanol–water partition coefficient (Wildman–Crippen LogP) is 2.45. The lowest BCUT2D eigenvalue weighted by Crippen LogP contribution is -2.22. The van der Waals surface area contributed by atoms with E-state index < -0.39 is 11.4 Å². The molecule has 0 aromatic carbocycles. The lowest BCUT2D eigenvalue weighted by molar-refractivity contribution is -0.146. The van der Waals surface area contributed by atoms with Crippen LogP contribution in [0, 0.1) is 5.41 Å². The Bertz CT molecular complexity index is 157. The van der Waals surface area contributed by atoms with Crippen LogP contribution in [0.4, 0.5) is 0 Å². The second-order valence-electron chi connectivity index (χ2n) is 3.27. The molecule has 2 heteroatoms. The molecule has 64 valence electrons. The van der Waals surface area contributed by atoms with Gasteiger partial charge in [-0.1, -0.05) is 19.1 Å². The highest BCUT2D eigenvalue weighted by Crippen LogP contribution is 2.20. The first-order valence-electron chi connectivity index (χ1n) is 3.89. The zero-order valence-corrected chi connectivity index (χ0v) is 7.42. The van der Waals surface area contributed by atoms with Crippen LogP contribution in [-0.2, 0) is 4.79 Å². The number of carboxylic acid groups (broad SMARTS) is 1. The minimum absolute atomic E-state index is 0.607. The molecule has 0 aliphatic rings. The molecule has 0 amide bonds. The van der Waals surface area contributed by atoms with Crippen LogP contribution in [0.2, 0.25) is 0 Å². The summed E-state index contributed by atoms with van der Waals surface area (Å²) in [6, 6.07) is 0. The Morgan fingerprint density at radius 2 is 2.00 bits per heavy atom. The normalized spacial score (nSPS) is 12.3. The van der Waals surface area contributed by atoms with Crippen molar-refractivity contribution in [1.82, 2.24) is 0 Å². The van der Waals surface area contributed by atoms with E-state index in [0.29, 0.717) is 6.42 Å². The molecule has 0 atom stereocenters. The molecule has 0 bridgehead atoms. The van der Waals surface area contributed by atoms with Crippen LogP contribution < -0.4 is 0 Å². The van der Waals surface area contributed by atoms with Crippen molar-refractivity contribution in [3.8, 4) is 0 Å². The molecule has 0 aliphatic carbocycles. The van der Waals surface area contributed by atoms with Gasteiger partial charge in [-0.25, -0.2) is 0 Å². The van der Waals surface area contributed by atoms with Crippen LogP contribution in [0.3, 0.4) is 0 Å². The molecule has 0 heterocycles. The van der Waals surface area contributed by atoms with Crippen LogP contribution in [0.1, 0.15) is 33.6 Å². The maximum absolute atomic E-state index is 10.6. The van der Waals surface area contributed by atoms with Gasteiger partial charge in [0.2, 0.25) is 0 Å². The highest BCUT2D eigenvalue weighted by Gasteiger charge is 2.24. The standard InChI is InChI=1S/C9H16O2/c1-4-5-6-7-9(2,3)8(10)11/h5-6H,4,7H2,1-3H3,(H,10,11). The van der Waals surface area contributed by atoms with Gasteiger partial charge in [-0.15, -0.1) is 0 Å².